The Hall–Kier alpha value is -3.92. The number of fused-ring (bicyclic) bond motifs is 2. The molecule has 1 N–H and O–H groups in total. The highest BCUT2D eigenvalue weighted by Gasteiger charge is 2.20. The Labute approximate surface area is 214 Å². The quantitative estimate of drug-likeness (QED) is 0.380. The molecular formula is C27H30FN5O4. The van der Waals surface area contributed by atoms with E-state index >= 15 is 4.39 Å². The summed E-state index contributed by atoms with van der Waals surface area (Å²) in [4.78, 5) is 27.4. The summed E-state index contributed by atoms with van der Waals surface area (Å²) in [5.74, 6) is 1.07. The maximum Gasteiger partial charge on any atom is 0.230 e. The van der Waals surface area contributed by atoms with Gasteiger partial charge in [0.05, 0.1) is 17.5 Å². The molecule has 1 saturated heterocycles. The number of aromatic nitrogens is 3. The standard InChI is InChI=1S/C27H30FN5O4/c1-4-35-24-14-20-22(15-25(24)36-12-11-32-7-9-33(10-8-32)18(3)34)29-16-30-27(20)37-23-6-5-21-19(26(23)28)13-17(2)31-21/h5-6,13-16,31H,4,7-12H2,1-3H3. The molecule has 5 rings (SSSR count). The number of piperazine rings is 1. The molecule has 1 fully saturated rings. The van der Waals surface area contributed by atoms with Gasteiger partial charge in [-0.1, -0.05) is 0 Å². The van der Waals surface area contributed by atoms with Crippen LogP contribution in [0.5, 0.6) is 23.1 Å². The third kappa shape index (κ3) is 5.29. The number of H-pyrrole nitrogens is 1. The molecule has 2 aromatic carbocycles. The molecular weight excluding hydrogens is 477 g/mol. The van der Waals surface area contributed by atoms with E-state index in [0.717, 1.165) is 38.4 Å². The second kappa shape index (κ2) is 10.6. The van der Waals surface area contributed by atoms with Gasteiger partial charge in [-0.25, -0.2) is 14.4 Å². The predicted molar refractivity (Wildman–Crippen MR) is 138 cm³/mol. The lowest BCUT2D eigenvalue weighted by molar-refractivity contribution is -0.130. The number of hydrogen-bond donors (Lipinski definition) is 1. The largest absolute Gasteiger partial charge is 0.490 e. The molecule has 0 bridgehead atoms. The smallest absolute Gasteiger partial charge is 0.230 e. The van der Waals surface area contributed by atoms with Gasteiger partial charge in [0.25, 0.3) is 0 Å². The molecule has 1 amide bonds. The van der Waals surface area contributed by atoms with Crippen molar-refractivity contribution in [3.63, 3.8) is 0 Å². The predicted octanol–water partition coefficient (Wildman–Crippen LogP) is 4.29. The number of nitrogens with zero attached hydrogens (tertiary/aromatic N) is 4. The summed E-state index contributed by atoms with van der Waals surface area (Å²) in [7, 11) is 0. The highest BCUT2D eigenvalue weighted by Crippen LogP contribution is 2.37. The Morgan fingerprint density at radius 1 is 1.03 bits per heavy atom. The van der Waals surface area contributed by atoms with E-state index in [9.17, 15) is 4.79 Å². The van der Waals surface area contributed by atoms with Crippen molar-refractivity contribution in [2.45, 2.75) is 20.8 Å². The van der Waals surface area contributed by atoms with Gasteiger partial charge in [-0.2, -0.15) is 0 Å². The fourth-order valence-electron chi connectivity index (χ4n) is 4.54. The van der Waals surface area contributed by atoms with Gasteiger partial charge in [0, 0.05) is 62.3 Å². The molecule has 37 heavy (non-hydrogen) atoms. The number of aryl methyl sites for hydroxylation is 1. The van der Waals surface area contributed by atoms with Gasteiger partial charge in [-0.3, -0.25) is 9.69 Å². The summed E-state index contributed by atoms with van der Waals surface area (Å²) in [5.41, 5.74) is 2.17. The number of amides is 1. The number of nitrogens with one attached hydrogen (secondary N) is 1. The molecule has 0 atom stereocenters. The third-order valence-electron chi connectivity index (χ3n) is 6.49. The van der Waals surface area contributed by atoms with Gasteiger partial charge in [0.1, 0.15) is 12.9 Å². The minimum atomic E-state index is -0.456. The first-order valence-corrected chi connectivity index (χ1v) is 12.4. The van der Waals surface area contributed by atoms with E-state index in [1.807, 2.05) is 18.7 Å². The molecule has 0 unspecified atom stereocenters. The third-order valence-corrected chi connectivity index (χ3v) is 6.49. The lowest BCUT2D eigenvalue weighted by Gasteiger charge is -2.34. The highest BCUT2D eigenvalue weighted by molar-refractivity contribution is 5.87. The van der Waals surface area contributed by atoms with E-state index in [0.29, 0.717) is 46.5 Å². The molecule has 1 aliphatic rings. The molecule has 0 saturated carbocycles. The molecule has 10 heteroatoms. The Kier molecular flexibility index (Phi) is 7.09. The first-order valence-electron chi connectivity index (χ1n) is 12.4. The summed E-state index contributed by atoms with van der Waals surface area (Å²) < 4.78 is 33.0. The van der Waals surface area contributed by atoms with E-state index < -0.39 is 5.82 Å². The Balaban J connectivity index is 1.34. The Bertz CT molecular complexity index is 1430. The topological polar surface area (TPSA) is 92.8 Å². The van der Waals surface area contributed by atoms with Crippen LogP contribution in [-0.2, 0) is 4.79 Å². The van der Waals surface area contributed by atoms with Crippen molar-refractivity contribution in [1.29, 1.82) is 0 Å². The average Bonchev–Trinajstić information content (AvgIpc) is 3.28. The van der Waals surface area contributed by atoms with Crippen molar-refractivity contribution in [3.05, 3.63) is 48.2 Å². The number of carbonyl (C=O) groups excluding carboxylic acids is 1. The fraction of sp³-hybridized carbons (Fsp3) is 0.370. The van der Waals surface area contributed by atoms with Gasteiger partial charge >= 0.3 is 0 Å². The van der Waals surface area contributed by atoms with Crippen LogP contribution in [0.25, 0.3) is 21.8 Å². The van der Waals surface area contributed by atoms with Crippen LogP contribution in [0.15, 0.2) is 36.7 Å². The van der Waals surface area contributed by atoms with Crippen molar-refractivity contribution in [1.82, 2.24) is 24.8 Å². The van der Waals surface area contributed by atoms with Crippen LogP contribution in [0, 0.1) is 12.7 Å². The molecule has 194 valence electrons. The van der Waals surface area contributed by atoms with Gasteiger partial charge < -0.3 is 24.1 Å². The number of hydrogen-bond acceptors (Lipinski definition) is 7. The first-order chi connectivity index (χ1) is 17.9. The van der Waals surface area contributed by atoms with Gasteiger partial charge in [-0.15, -0.1) is 0 Å². The van der Waals surface area contributed by atoms with Crippen LogP contribution in [-0.4, -0.2) is 76.6 Å². The fourth-order valence-corrected chi connectivity index (χ4v) is 4.54. The molecule has 0 spiro atoms. The van der Waals surface area contributed by atoms with Crippen molar-refractivity contribution in [2.24, 2.45) is 0 Å². The zero-order chi connectivity index (χ0) is 25.9. The lowest BCUT2D eigenvalue weighted by Crippen LogP contribution is -2.48. The van der Waals surface area contributed by atoms with Crippen LogP contribution >= 0.6 is 0 Å². The zero-order valence-corrected chi connectivity index (χ0v) is 21.2. The lowest BCUT2D eigenvalue weighted by atomic mass is 10.2. The first kappa shape index (κ1) is 24.8. The average molecular weight is 508 g/mol. The second-order valence-electron chi connectivity index (χ2n) is 9.02. The molecule has 4 aromatic rings. The zero-order valence-electron chi connectivity index (χ0n) is 21.2. The summed E-state index contributed by atoms with van der Waals surface area (Å²) in [6, 6.07) is 8.67. The van der Waals surface area contributed by atoms with E-state index in [1.165, 1.54) is 6.33 Å². The summed E-state index contributed by atoms with van der Waals surface area (Å²) in [6.45, 7) is 10.1. The van der Waals surface area contributed by atoms with Crippen LogP contribution in [0.4, 0.5) is 4.39 Å². The highest BCUT2D eigenvalue weighted by atomic mass is 19.1. The van der Waals surface area contributed by atoms with Crippen molar-refractivity contribution < 1.29 is 23.4 Å². The van der Waals surface area contributed by atoms with Crippen LogP contribution in [0.3, 0.4) is 0 Å². The minimum Gasteiger partial charge on any atom is -0.490 e. The van der Waals surface area contributed by atoms with Crippen molar-refractivity contribution in [3.8, 4) is 23.1 Å². The summed E-state index contributed by atoms with van der Waals surface area (Å²) in [6.07, 6.45) is 1.38. The molecule has 0 radical (unpaired) electrons. The Morgan fingerprint density at radius 2 is 1.81 bits per heavy atom. The molecule has 1 aliphatic heterocycles. The number of carbonyl (C=O) groups is 1. The normalized spacial score (nSPS) is 14.3. The van der Waals surface area contributed by atoms with E-state index in [4.69, 9.17) is 14.2 Å². The summed E-state index contributed by atoms with van der Waals surface area (Å²) >= 11 is 0. The molecule has 2 aromatic heterocycles. The number of halogens is 1. The second-order valence-corrected chi connectivity index (χ2v) is 9.02. The number of benzene rings is 2. The van der Waals surface area contributed by atoms with Crippen molar-refractivity contribution in [2.75, 3.05) is 45.9 Å². The minimum absolute atomic E-state index is 0.0784. The van der Waals surface area contributed by atoms with Gasteiger partial charge in [0.2, 0.25) is 11.8 Å². The number of aromatic amines is 1. The van der Waals surface area contributed by atoms with E-state index in [1.54, 1.807) is 37.3 Å². The number of ether oxygens (including phenoxy) is 3. The Morgan fingerprint density at radius 3 is 2.57 bits per heavy atom. The van der Waals surface area contributed by atoms with E-state index in [-0.39, 0.29) is 17.5 Å². The van der Waals surface area contributed by atoms with Gasteiger partial charge in [-0.05, 0) is 38.1 Å². The van der Waals surface area contributed by atoms with Crippen molar-refractivity contribution >= 4 is 27.7 Å². The monoisotopic (exact) mass is 507 g/mol. The molecule has 3 heterocycles. The number of rotatable bonds is 8. The van der Waals surface area contributed by atoms with Crippen LogP contribution < -0.4 is 14.2 Å². The molecule has 0 aliphatic carbocycles. The van der Waals surface area contributed by atoms with Crippen LogP contribution in [0.2, 0.25) is 0 Å². The van der Waals surface area contributed by atoms with Crippen LogP contribution in [0.1, 0.15) is 19.5 Å². The SMILES string of the molecule is CCOc1cc2c(Oc3ccc4[nH]c(C)cc4c3F)ncnc2cc1OCCN1CCN(C(C)=O)CC1. The maximum atomic E-state index is 15.1. The maximum absolute atomic E-state index is 15.1. The molecule has 9 nitrogen and oxygen atoms in total. The summed E-state index contributed by atoms with van der Waals surface area (Å²) in [5, 5.41) is 1.05. The van der Waals surface area contributed by atoms with Gasteiger partial charge in [0.15, 0.2) is 23.1 Å². The van der Waals surface area contributed by atoms with E-state index in [2.05, 4.69) is 19.9 Å².